The maximum absolute atomic E-state index is 13.1. The number of carbonyl (C=O) groups is 2. The van der Waals surface area contributed by atoms with Gasteiger partial charge in [0.25, 0.3) is 11.8 Å². The van der Waals surface area contributed by atoms with Crippen LogP contribution in [0.2, 0.25) is 0 Å². The van der Waals surface area contributed by atoms with Crippen molar-refractivity contribution in [2.45, 2.75) is 26.1 Å². The van der Waals surface area contributed by atoms with Gasteiger partial charge in [0.1, 0.15) is 5.76 Å². The van der Waals surface area contributed by atoms with E-state index in [-0.39, 0.29) is 30.3 Å². The molecule has 0 aliphatic carbocycles. The minimum atomic E-state index is -4.61. The van der Waals surface area contributed by atoms with E-state index in [0.717, 1.165) is 11.6 Å². The molecular weight excluding hydrogens is 349 g/mol. The van der Waals surface area contributed by atoms with E-state index in [1.807, 2.05) is 0 Å². The molecule has 2 amide bonds. The van der Waals surface area contributed by atoms with Crippen LogP contribution in [0.15, 0.2) is 34.7 Å². The first-order chi connectivity index (χ1) is 12.3. The van der Waals surface area contributed by atoms with Crippen molar-refractivity contribution in [3.8, 4) is 0 Å². The molecule has 0 bridgehead atoms. The zero-order valence-corrected chi connectivity index (χ0v) is 14.0. The largest absolute Gasteiger partial charge is 0.454 e. The van der Waals surface area contributed by atoms with Crippen LogP contribution in [0.3, 0.4) is 0 Å². The Morgan fingerprint density at radius 1 is 1.27 bits per heavy atom. The van der Waals surface area contributed by atoms with E-state index in [0.29, 0.717) is 18.7 Å². The van der Waals surface area contributed by atoms with Crippen LogP contribution in [0, 0.1) is 0 Å². The minimum absolute atomic E-state index is 0.0275. The molecule has 0 fully saturated rings. The molecule has 1 aliphatic heterocycles. The summed E-state index contributed by atoms with van der Waals surface area (Å²) >= 11 is 0. The van der Waals surface area contributed by atoms with Crippen LogP contribution < -0.4 is 5.32 Å². The lowest BCUT2D eigenvalue weighted by Crippen LogP contribution is -2.36. The van der Waals surface area contributed by atoms with Crippen LogP contribution in [0.1, 0.15) is 44.7 Å². The van der Waals surface area contributed by atoms with Gasteiger partial charge >= 0.3 is 6.18 Å². The molecule has 2 heterocycles. The van der Waals surface area contributed by atoms with Gasteiger partial charge < -0.3 is 14.6 Å². The molecule has 0 radical (unpaired) electrons. The van der Waals surface area contributed by atoms with Gasteiger partial charge in [-0.3, -0.25) is 9.59 Å². The van der Waals surface area contributed by atoms with Crippen LogP contribution in [-0.2, 0) is 19.1 Å². The summed E-state index contributed by atoms with van der Waals surface area (Å²) in [6.45, 7) is 2.51. The van der Waals surface area contributed by atoms with Crippen LogP contribution >= 0.6 is 0 Å². The van der Waals surface area contributed by atoms with Gasteiger partial charge in [0.2, 0.25) is 0 Å². The fraction of sp³-hybridized carbons (Fsp3) is 0.333. The predicted octanol–water partition coefficient (Wildman–Crippen LogP) is 3.25. The molecule has 3 rings (SSSR count). The van der Waals surface area contributed by atoms with Crippen molar-refractivity contribution < 1.29 is 27.2 Å². The number of hydrogen-bond donors (Lipinski definition) is 1. The summed E-state index contributed by atoms with van der Waals surface area (Å²) in [5, 5.41) is 2.62. The molecule has 26 heavy (non-hydrogen) atoms. The molecule has 1 aliphatic rings. The summed E-state index contributed by atoms with van der Waals surface area (Å²) in [6, 6.07) is 6.33. The van der Waals surface area contributed by atoms with Crippen LogP contribution in [-0.4, -0.2) is 29.8 Å². The van der Waals surface area contributed by atoms with Gasteiger partial charge in [-0.05, 0) is 37.1 Å². The van der Waals surface area contributed by atoms with E-state index in [2.05, 4.69) is 5.32 Å². The van der Waals surface area contributed by atoms with E-state index in [1.54, 1.807) is 13.0 Å². The first-order valence-corrected chi connectivity index (χ1v) is 8.16. The SMILES string of the molecule is CCNC(=O)c1cc2c(o1)CN(C(=O)c1ccccc1C(F)(F)F)CC2. The van der Waals surface area contributed by atoms with Crippen molar-refractivity contribution in [3.63, 3.8) is 0 Å². The maximum atomic E-state index is 13.1. The molecule has 1 aromatic heterocycles. The molecule has 1 N–H and O–H groups in total. The van der Waals surface area contributed by atoms with Gasteiger partial charge in [0.15, 0.2) is 5.76 Å². The number of nitrogens with one attached hydrogen (secondary N) is 1. The lowest BCUT2D eigenvalue weighted by molar-refractivity contribution is -0.138. The summed E-state index contributed by atoms with van der Waals surface area (Å²) < 4.78 is 44.9. The van der Waals surface area contributed by atoms with Crippen LogP contribution in [0.4, 0.5) is 13.2 Å². The third kappa shape index (κ3) is 3.44. The lowest BCUT2D eigenvalue weighted by Gasteiger charge is -2.27. The topological polar surface area (TPSA) is 62.6 Å². The van der Waals surface area contributed by atoms with E-state index in [4.69, 9.17) is 4.42 Å². The molecule has 138 valence electrons. The van der Waals surface area contributed by atoms with Crippen molar-refractivity contribution in [3.05, 3.63) is 58.5 Å². The Balaban J connectivity index is 1.83. The number of halogens is 3. The average Bonchev–Trinajstić information content (AvgIpc) is 3.04. The normalized spacial score (nSPS) is 14.1. The fourth-order valence-electron chi connectivity index (χ4n) is 2.94. The number of rotatable bonds is 3. The first kappa shape index (κ1) is 18.0. The zero-order chi connectivity index (χ0) is 18.9. The van der Waals surface area contributed by atoms with Gasteiger partial charge in [0, 0.05) is 13.1 Å². The number of alkyl halides is 3. The highest BCUT2D eigenvalue weighted by molar-refractivity contribution is 5.96. The molecule has 1 aromatic carbocycles. The highest BCUT2D eigenvalue weighted by Crippen LogP contribution is 2.33. The van der Waals surface area contributed by atoms with Crippen molar-refractivity contribution in [1.82, 2.24) is 10.2 Å². The van der Waals surface area contributed by atoms with Crippen LogP contribution in [0.25, 0.3) is 0 Å². The van der Waals surface area contributed by atoms with Gasteiger partial charge in [-0.15, -0.1) is 0 Å². The Morgan fingerprint density at radius 2 is 2.00 bits per heavy atom. The maximum Gasteiger partial charge on any atom is 0.417 e. The number of nitrogens with zero attached hydrogens (tertiary/aromatic N) is 1. The summed E-state index contributed by atoms with van der Waals surface area (Å²) in [5.74, 6) is -0.501. The number of fused-ring (bicyclic) bond motifs is 1. The number of hydrogen-bond acceptors (Lipinski definition) is 3. The highest BCUT2D eigenvalue weighted by atomic mass is 19.4. The molecule has 0 spiro atoms. The van der Waals surface area contributed by atoms with Crippen molar-refractivity contribution >= 4 is 11.8 Å². The van der Waals surface area contributed by atoms with Gasteiger partial charge in [-0.25, -0.2) is 0 Å². The van der Waals surface area contributed by atoms with E-state index in [1.165, 1.54) is 23.1 Å². The first-order valence-electron chi connectivity index (χ1n) is 8.16. The Bertz CT molecular complexity index is 842. The van der Waals surface area contributed by atoms with Gasteiger partial charge in [0.05, 0.1) is 17.7 Å². The van der Waals surface area contributed by atoms with Crippen molar-refractivity contribution in [2.24, 2.45) is 0 Å². The Labute approximate surface area is 147 Å². The number of benzene rings is 1. The summed E-state index contributed by atoms with van der Waals surface area (Å²) in [5.41, 5.74) is -0.559. The third-order valence-electron chi connectivity index (χ3n) is 4.19. The molecule has 0 saturated carbocycles. The minimum Gasteiger partial charge on any atom is -0.454 e. The Hall–Kier alpha value is -2.77. The second kappa shape index (κ2) is 6.86. The van der Waals surface area contributed by atoms with E-state index >= 15 is 0 Å². The second-order valence-corrected chi connectivity index (χ2v) is 5.94. The number of amides is 2. The summed E-state index contributed by atoms with van der Waals surface area (Å²) in [6.07, 6.45) is -4.19. The molecule has 0 unspecified atom stereocenters. The quantitative estimate of drug-likeness (QED) is 0.907. The van der Waals surface area contributed by atoms with E-state index < -0.39 is 17.6 Å². The predicted molar refractivity (Wildman–Crippen MR) is 86.6 cm³/mol. The van der Waals surface area contributed by atoms with Crippen LogP contribution in [0.5, 0.6) is 0 Å². The standard InChI is InChI=1S/C18H17F3N2O3/c1-2-22-16(24)14-9-11-7-8-23(10-15(11)26-14)17(25)12-5-3-4-6-13(12)18(19,20)21/h3-6,9H,2,7-8,10H2,1H3,(H,22,24). The Kier molecular flexibility index (Phi) is 4.76. The molecule has 8 heteroatoms. The Morgan fingerprint density at radius 3 is 2.69 bits per heavy atom. The lowest BCUT2D eigenvalue weighted by atomic mass is 10.0. The summed E-state index contributed by atoms with van der Waals surface area (Å²) in [7, 11) is 0. The second-order valence-electron chi connectivity index (χ2n) is 5.94. The van der Waals surface area contributed by atoms with Crippen molar-refractivity contribution in [1.29, 1.82) is 0 Å². The zero-order valence-electron chi connectivity index (χ0n) is 14.0. The van der Waals surface area contributed by atoms with Gasteiger partial charge in [-0.2, -0.15) is 13.2 Å². The molecular formula is C18H17F3N2O3. The molecule has 0 atom stereocenters. The average molecular weight is 366 g/mol. The highest BCUT2D eigenvalue weighted by Gasteiger charge is 2.36. The van der Waals surface area contributed by atoms with E-state index in [9.17, 15) is 22.8 Å². The fourth-order valence-corrected chi connectivity index (χ4v) is 2.94. The third-order valence-corrected chi connectivity index (χ3v) is 4.19. The smallest absolute Gasteiger partial charge is 0.417 e. The molecule has 2 aromatic rings. The van der Waals surface area contributed by atoms with Crippen molar-refractivity contribution in [2.75, 3.05) is 13.1 Å². The monoisotopic (exact) mass is 366 g/mol. The number of furan rings is 1. The van der Waals surface area contributed by atoms with Gasteiger partial charge in [-0.1, -0.05) is 12.1 Å². The number of carbonyl (C=O) groups excluding carboxylic acids is 2. The summed E-state index contributed by atoms with van der Waals surface area (Å²) in [4.78, 5) is 25.8. The molecule has 5 nitrogen and oxygen atoms in total. The molecule has 0 saturated heterocycles.